The van der Waals surface area contributed by atoms with E-state index in [0.717, 1.165) is 34.3 Å². The predicted molar refractivity (Wildman–Crippen MR) is 93.8 cm³/mol. The molecule has 0 spiro atoms. The Labute approximate surface area is 136 Å². The van der Waals surface area contributed by atoms with Crippen LogP contribution in [0.4, 0.5) is 0 Å². The summed E-state index contributed by atoms with van der Waals surface area (Å²) in [5.41, 5.74) is 12.7. The SMILES string of the molecule is Cc1cc2c(c(-c3ccc4nc(C)ccc4c3)c1)OC(CN)C2. The lowest BCUT2D eigenvalue weighted by molar-refractivity contribution is 0.242. The Bertz CT molecular complexity index is 902. The van der Waals surface area contributed by atoms with Crippen molar-refractivity contribution in [2.24, 2.45) is 5.73 Å². The molecule has 0 aliphatic carbocycles. The number of rotatable bonds is 2. The van der Waals surface area contributed by atoms with Gasteiger partial charge in [-0.2, -0.15) is 0 Å². The number of hydrogen-bond donors (Lipinski definition) is 1. The number of hydrogen-bond acceptors (Lipinski definition) is 3. The van der Waals surface area contributed by atoms with Gasteiger partial charge in [0.05, 0.1) is 5.52 Å². The molecular weight excluding hydrogens is 284 g/mol. The Kier molecular flexibility index (Phi) is 3.31. The second-order valence-electron chi connectivity index (χ2n) is 6.34. The minimum atomic E-state index is 0.0929. The third-order valence-electron chi connectivity index (χ3n) is 4.44. The molecule has 23 heavy (non-hydrogen) atoms. The van der Waals surface area contributed by atoms with Crippen LogP contribution in [0.25, 0.3) is 22.0 Å². The van der Waals surface area contributed by atoms with Gasteiger partial charge in [-0.25, -0.2) is 0 Å². The van der Waals surface area contributed by atoms with E-state index < -0.39 is 0 Å². The molecule has 2 aromatic carbocycles. The summed E-state index contributed by atoms with van der Waals surface area (Å²) >= 11 is 0. The van der Waals surface area contributed by atoms with Crippen molar-refractivity contribution < 1.29 is 4.74 Å². The fourth-order valence-electron chi connectivity index (χ4n) is 3.33. The summed E-state index contributed by atoms with van der Waals surface area (Å²) in [5.74, 6) is 0.991. The Morgan fingerprint density at radius 1 is 1.13 bits per heavy atom. The van der Waals surface area contributed by atoms with E-state index in [-0.39, 0.29) is 6.10 Å². The number of pyridine rings is 1. The molecule has 116 valence electrons. The number of ether oxygens (including phenoxy) is 1. The zero-order valence-electron chi connectivity index (χ0n) is 13.5. The summed E-state index contributed by atoms with van der Waals surface area (Å²) in [4.78, 5) is 4.58. The number of aromatic nitrogens is 1. The Hall–Kier alpha value is -2.39. The van der Waals surface area contributed by atoms with E-state index in [9.17, 15) is 0 Å². The molecule has 1 aromatic heterocycles. The lowest BCUT2D eigenvalue weighted by Crippen LogP contribution is -2.24. The number of fused-ring (bicyclic) bond motifs is 2. The summed E-state index contributed by atoms with van der Waals surface area (Å²) in [5, 5.41) is 1.15. The predicted octanol–water partition coefficient (Wildman–Crippen LogP) is 3.78. The van der Waals surface area contributed by atoms with Crippen LogP contribution in [-0.2, 0) is 6.42 Å². The average molecular weight is 304 g/mol. The Morgan fingerprint density at radius 2 is 2.00 bits per heavy atom. The molecule has 1 aliphatic heterocycles. The third kappa shape index (κ3) is 2.47. The topological polar surface area (TPSA) is 48.1 Å². The van der Waals surface area contributed by atoms with Crippen LogP contribution in [0.3, 0.4) is 0 Å². The second-order valence-corrected chi connectivity index (χ2v) is 6.34. The molecule has 3 aromatic rings. The van der Waals surface area contributed by atoms with Gasteiger partial charge in [0.1, 0.15) is 11.9 Å². The highest BCUT2D eigenvalue weighted by Crippen LogP contribution is 2.40. The lowest BCUT2D eigenvalue weighted by Gasteiger charge is -2.12. The van der Waals surface area contributed by atoms with E-state index in [0.29, 0.717) is 6.54 Å². The molecular formula is C20H20N2O. The molecule has 3 heteroatoms. The van der Waals surface area contributed by atoms with Crippen LogP contribution in [0.5, 0.6) is 5.75 Å². The van der Waals surface area contributed by atoms with E-state index in [1.807, 2.05) is 13.0 Å². The fourth-order valence-corrected chi connectivity index (χ4v) is 3.33. The maximum absolute atomic E-state index is 6.09. The van der Waals surface area contributed by atoms with Crippen molar-refractivity contribution >= 4 is 10.9 Å². The first kappa shape index (κ1) is 14.2. The largest absolute Gasteiger partial charge is 0.488 e. The molecule has 2 heterocycles. The van der Waals surface area contributed by atoms with Gasteiger partial charge in [-0.05, 0) is 54.8 Å². The van der Waals surface area contributed by atoms with Crippen molar-refractivity contribution in [1.29, 1.82) is 0 Å². The van der Waals surface area contributed by atoms with Gasteiger partial charge in [0.15, 0.2) is 0 Å². The van der Waals surface area contributed by atoms with Crippen molar-refractivity contribution in [2.45, 2.75) is 26.4 Å². The van der Waals surface area contributed by atoms with E-state index in [4.69, 9.17) is 10.5 Å². The maximum atomic E-state index is 6.09. The molecule has 2 N–H and O–H groups in total. The van der Waals surface area contributed by atoms with Crippen molar-refractivity contribution in [2.75, 3.05) is 6.54 Å². The van der Waals surface area contributed by atoms with Crippen molar-refractivity contribution in [3.8, 4) is 16.9 Å². The summed E-state index contributed by atoms with van der Waals surface area (Å²) in [6, 6.07) is 15.0. The average Bonchev–Trinajstić information content (AvgIpc) is 2.96. The molecule has 1 unspecified atom stereocenters. The standard InChI is InChI=1S/C20H20N2O/c1-12-7-16-10-17(11-21)23-20(16)18(8-12)14-5-6-19-15(9-14)4-3-13(2)22-19/h3-9,17H,10-11,21H2,1-2H3. The van der Waals surface area contributed by atoms with Crippen LogP contribution in [0.15, 0.2) is 42.5 Å². The van der Waals surface area contributed by atoms with Gasteiger partial charge >= 0.3 is 0 Å². The van der Waals surface area contributed by atoms with Gasteiger partial charge in [-0.3, -0.25) is 4.98 Å². The van der Waals surface area contributed by atoms with Gasteiger partial charge in [0, 0.05) is 29.6 Å². The van der Waals surface area contributed by atoms with Crippen molar-refractivity contribution in [1.82, 2.24) is 4.98 Å². The second kappa shape index (κ2) is 5.36. The van der Waals surface area contributed by atoms with Crippen LogP contribution in [0.2, 0.25) is 0 Å². The molecule has 1 atom stereocenters. The Balaban J connectivity index is 1.87. The molecule has 0 bridgehead atoms. The van der Waals surface area contributed by atoms with E-state index in [1.54, 1.807) is 0 Å². The fraction of sp³-hybridized carbons (Fsp3) is 0.250. The smallest absolute Gasteiger partial charge is 0.130 e. The molecule has 0 saturated heterocycles. The van der Waals surface area contributed by atoms with Crippen LogP contribution in [0, 0.1) is 13.8 Å². The summed E-state index contributed by atoms with van der Waals surface area (Å²) in [6.45, 7) is 4.70. The summed E-state index contributed by atoms with van der Waals surface area (Å²) in [6.07, 6.45) is 0.991. The monoisotopic (exact) mass is 304 g/mol. The number of benzene rings is 2. The highest BCUT2D eigenvalue weighted by Gasteiger charge is 2.25. The lowest BCUT2D eigenvalue weighted by atomic mass is 9.97. The van der Waals surface area contributed by atoms with Gasteiger partial charge in [0.2, 0.25) is 0 Å². The zero-order valence-corrected chi connectivity index (χ0v) is 13.5. The van der Waals surface area contributed by atoms with Crippen molar-refractivity contribution in [3.05, 3.63) is 59.3 Å². The van der Waals surface area contributed by atoms with E-state index in [2.05, 4.69) is 48.3 Å². The highest BCUT2D eigenvalue weighted by atomic mass is 16.5. The third-order valence-corrected chi connectivity index (χ3v) is 4.44. The van der Waals surface area contributed by atoms with Crippen LogP contribution in [-0.4, -0.2) is 17.6 Å². The van der Waals surface area contributed by atoms with Gasteiger partial charge in [-0.1, -0.05) is 18.2 Å². The minimum absolute atomic E-state index is 0.0929. The van der Waals surface area contributed by atoms with Crippen LogP contribution < -0.4 is 10.5 Å². The van der Waals surface area contributed by atoms with E-state index >= 15 is 0 Å². The van der Waals surface area contributed by atoms with Crippen molar-refractivity contribution in [3.63, 3.8) is 0 Å². The quantitative estimate of drug-likeness (QED) is 0.784. The number of nitrogens with two attached hydrogens (primary N) is 1. The van der Waals surface area contributed by atoms with Gasteiger partial charge in [-0.15, -0.1) is 0 Å². The first-order chi connectivity index (χ1) is 11.1. The minimum Gasteiger partial charge on any atom is -0.488 e. The Morgan fingerprint density at radius 3 is 2.83 bits per heavy atom. The highest BCUT2D eigenvalue weighted by molar-refractivity contribution is 5.86. The number of nitrogens with zero attached hydrogens (tertiary/aromatic N) is 1. The molecule has 0 fully saturated rings. The molecule has 4 rings (SSSR count). The zero-order chi connectivity index (χ0) is 16.0. The molecule has 0 amide bonds. The normalized spacial score (nSPS) is 16.4. The molecule has 3 nitrogen and oxygen atoms in total. The maximum Gasteiger partial charge on any atom is 0.130 e. The van der Waals surface area contributed by atoms with Gasteiger partial charge in [0.25, 0.3) is 0 Å². The van der Waals surface area contributed by atoms with Crippen LogP contribution in [0.1, 0.15) is 16.8 Å². The molecule has 0 radical (unpaired) electrons. The number of aryl methyl sites for hydroxylation is 2. The first-order valence-corrected chi connectivity index (χ1v) is 8.02. The first-order valence-electron chi connectivity index (χ1n) is 8.02. The van der Waals surface area contributed by atoms with E-state index in [1.165, 1.54) is 16.7 Å². The summed E-state index contributed by atoms with van der Waals surface area (Å²) < 4.78 is 6.09. The molecule has 1 aliphatic rings. The van der Waals surface area contributed by atoms with Gasteiger partial charge < -0.3 is 10.5 Å². The van der Waals surface area contributed by atoms with Crippen LogP contribution >= 0.6 is 0 Å². The summed E-state index contributed by atoms with van der Waals surface area (Å²) in [7, 11) is 0. The molecule has 0 saturated carbocycles.